The summed E-state index contributed by atoms with van der Waals surface area (Å²) in [6.07, 6.45) is 3.54. The molecule has 1 heterocycles. The Balaban J connectivity index is 1.95. The van der Waals surface area contributed by atoms with Crippen LogP contribution >= 0.6 is 0 Å². The van der Waals surface area contributed by atoms with Gasteiger partial charge in [-0.05, 0) is 25.7 Å². The zero-order chi connectivity index (χ0) is 12.5. The van der Waals surface area contributed by atoms with E-state index in [1.165, 1.54) is 7.11 Å². The number of nitrogens with one attached hydrogen (secondary N) is 2. The number of carbonyl (C=O) groups excluding carboxylic acids is 3. The minimum Gasteiger partial charge on any atom is -0.467 e. The first-order valence-corrected chi connectivity index (χ1v) is 5.70. The molecule has 0 radical (unpaired) electrons. The number of hydrogen-bond acceptors (Lipinski definition) is 4. The van der Waals surface area contributed by atoms with Gasteiger partial charge in [-0.2, -0.15) is 0 Å². The summed E-state index contributed by atoms with van der Waals surface area (Å²) in [7, 11) is 1.26. The van der Waals surface area contributed by atoms with Crippen molar-refractivity contribution in [2.24, 2.45) is 5.92 Å². The molecule has 2 rings (SSSR count). The molecule has 1 saturated heterocycles. The van der Waals surface area contributed by atoms with E-state index < -0.39 is 12.0 Å². The van der Waals surface area contributed by atoms with Crippen molar-refractivity contribution in [1.29, 1.82) is 0 Å². The first-order valence-electron chi connectivity index (χ1n) is 5.70. The third-order valence-electron chi connectivity index (χ3n) is 3.52. The summed E-state index contributed by atoms with van der Waals surface area (Å²) in [6, 6.07) is -0.734. The van der Waals surface area contributed by atoms with E-state index >= 15 is 0 Å². The maximum Gasteiger partial charge on any atom is 0.328 e. The van der Waals surface area contributed by atoms with Crippen molar-refractivity contribution in [2.45, 2.75) is 37.3 Å². The third kappa shape index (κ3) is 2.40. The molecule has 1 aliphatic heterocycles. The van der Waals surface area contributed by atoms with Crippen LogP contribution in [0.15, 0.2) is 0 Å². The SMILES string of the molecule is COC(=O)[C@H](C[C@@H]1CC2(CC2)NC1=O)NC=O. The lowest BCUT2D eigenvalue weighted by atomic mass is 9.95. The zero-order valence-corrected chi connectivity index (χ0v) is 9.69. The Morgan fingerprint density at radius 2 is 2.41 bits per heavy atom. The predicted octanol–water partition coefficient (Wildman–Crippen LogP) is -0.667. The van der Waals surface area contributed by atoms with Gasteiger partial charge in [-0.1, -0.05) is 0 Å². The summed E-state index contributed by atoms with van der Waals surface area (Å²) in [5.41, 5.74) is -0.0103. The predicted molar refractivity (Wildman–Crippen MR) is 57.8 cm³/mol. The van der Waals surface area contributed by atoms with Crippen molar-refractivity contribution in [3.8, 4) is 0 Å². The van der Waals surface area contributed by atoms with E-state index in [2.05, 4.69) is 15.4 Å². The fourth-order valence-corrected chi connectivity index (χ4v) is 2.39. The highest BCUT2D eigenvalue weighted by atomic mass is 16.5. The Kier molecular flexibility index (Phi) is 3.04. The molecule has 2 N–H and O–H groups in total. The second kappa shape index (κ2) is 4.35. The number of amides is 2. The quantitative estimate of drug-likeness (QED) is 0.493. The topological polar surface area (TPSA) is 84.5 Å². The molecule has 0 bridgehead atoms. The lowest BCUT2D eigenvalue weighted by molar-refractivity contribution is -0.144. The third-order valence-corrected chi connectivity index (χ3v) is 3.52. The van der Waals surface area contributed by atoms with Crippen molar-refractivity contribution in [2.75, 3.05) is 7.11 Å². The molecule has 0 aromatic heterocycles. The van der Waals surface area contributed by atoms with Gasteiger partial charge in [0.15, 0.2) is 0 Å². The first kappa shape index (κ1) is 11.9. The van der Waals surface area contributed by atoms with Crippen LogP contribution in [0.25, 0.3) is 0 Å². The molecule has 1 saturated carbocycles. The summed E-state index contributed by atoms with van der Waals surface area (Å²) in [5, 5.41) is 5.34. The van der Waals surface area contributed by atoms with Crippen LogP contribution in [0, 0.1) is 5.92 Å². The summed E-state index contributed by atoms with van der Waals surface area (Å²) in [5.74, 6) is -0.750. The summed E-state index contributed by atoms with van der Waals surface area (Å²) in [4.78, 5) is 33.5. The molecule has 2 aliphatic rings. The van der Waals surface area contributed by atoms with Crippen molar-refractivity contribution in [1.82, 2.24) is 10.6 Å². The molecule has 2 atom stereocenters. The average molecular weight is 240 g/mol. The van der Waals surface area contributed by atoms with Crippen LogP contribution in [0.4, 0.5) is 0 Å². The maximum absolute atomic E-state index is 11.7. The van der Waals surface area contributed by atoms with Crippen LogP contribution in [0.3, 0.4) is 0 Å². The molecule has 0 aromatic rings. The average Bonchev–Trinajstić information content (AvgIpc) is 2.97. The lowest BCUT2D eigenvalue weighted by Crippen LogP contribution is -2.39. The Morgan fingerprint density at radius 3 is 2.88 bits per heavy atom. The molecule has 0 aromatic carbocycles. The number of ether oxygens (including phenoxy) is 1. The second-order valence-corrected chi connectivity index (χ2v) is 4.77. The number of methoxy groups -OCH3 is 1. The van der Waals surface area contributed by atoms with Crippen molar-refractivity contribution < 1.29 is 19.1 Å². The highest BCUT2D eigenvalue weighted by molar-refractivity contribution is 5.85. The minimum atomic E-state index is -0.734. The fourth-order valence-electron chi connectivity index (χ4n) is 2.39. The molecule has 6 heteroatoms. The van der Waals surface area contributed by atoms with E-state index in [1.807, 2.05) is 0 Å². The van der Waals surface area contributed by atoms with Gasteiger partial charge in [0.05, 0.1) is 7.11 Å². The van der Waals surface area contributed by atoms with Crippen molar-refractivity contribution in [3.63, 3.8) is 0 Å². The fraction of sp³-hybridized carbons (Fsp3) is 0.727. The summed E-state index contributed by atoms with van der Waals surface area (Å²) in [6.45, 7) is 0. The summed E-state index contributed by atoms with van der Waals surface area (Å²) < 4.78 is 4.59. The normalized spacial score (nSPS) is 26.2. The van der Waals surface area contributed by atoms with Gasteiger partial charge in [-0.15, -0.1) is 0 Å². The van der Waals surface area contributed by atoms with E-state index in [0.717, 1.165) is 19.3 Å². The van der Waals surface area contributed by atoms with Gasteiger partial charge in [-0.25, -0.2) is 4.79 Å². The van der Waals surface area contributed by atoms with Gasteiger partial charge >= 0.3 is 5.97 Å². The molecular formula is C11H16N2O4. The molecule has 0 unspecified atom stereocenters. The highest BCUT2D eigenvalue weighted by Gasteiger charge is 2.52. The molecule has 17 heavy (non-hydrogen) atoms. The Labute approximate surface area is 99.1 Å². The first-order chi connectivity index (χ1) is 8.10. The monoisotopic (exact) mass is 240 g/mol. The molecular weight excluding hydrogens is 224 g/mol. The van der Waals surface area contributed by atoms with E-state index in [1.54, 1.807) is 0 Å². The maximum atomic E-state index is 11.7. The van der Waals surface area contributed by atoms with Gasteiger partial charge < -0.3 is 15.4 Å². The van der Waals surface area contributed by atoms with Crippen LogP contribution in [0.5, 0.6) is 0 Å². The van der Waals surface area contributed by atoms with Crippen LogP contribution in [0.1, 0.15) is 25.7 Å². The number of hydrogen-bond donors (Lipinski definition) is 2. The molecule has 94 valence electrons. The van der Waals surface area contributed by atoms with Gasteiger partial charge in [0.1, 0.15) is 6.04 Å². The van der Waals surface area contributed by atoms with Crippen LogP contribution in [0.2, 0.25) is 0 Å². The molecule has 1 spiro atoms. The van der Waals surface area contributed by atoms with E-state index in [-0.39, 0.29) is 17.4 Å². The van der Waals surface area contributed by atoms with Gasteiger partial charge in [0.2, 0.25) is 12.3 Å². The second-order valence-electron chi connectivity index (χ2n) is 4.77. The standard InChI is InChI=1S/C11H16N2O4/c1-17-10(16)8(12-6-14)4-7-5-11(2-3-11)13-9(7)15/h6-8H,2-5H2,1H3,(H,12,14)(H,13,15)/t7-,8+/m1/s1. The van der Waals surface area contributed by atoms with Crippen molar-refractivity contribution in [3.05, 3.63) is 0 Å². The Hall–Kier alpha value is -1.59. The number of carbonyl (C=O) groups is 3. The molecule has 1 aliphatic carbocycles. The van der Waals surface area contributed by atoms with Crippen LogP contribution < -0.4 is 10.6 Å². The van der Waals surface area contributed by atoms with E-state index in [9.17, 15) is 14.4 Å². The van der Waals surface area contributed by atoms with Crippen LogP contribution in [-0.4, -0.2) is 37.0 Å². The largest absolute Gasteiger partial charge is 0.467 e. The minimum absolute atomic E-state index is 0.0103. The Morgan fingerprint density at radius 1 is 1.71 bits per heavy atom. The highest BCUT2D eigenvalue weighted by Crippen LogP contribution is 2.46. The van der Waals surface area contributed by atoms with Crippen molar-refractivity contribution >= 4 is 18.3 Å². The molecule has 2 amide bonds. The van der Waals surface area contributed by atoms with E-state index in [0.29, 0.717) is 12.8 Å². The molecule has 6 nitrogen and oxygen atoms in total. The number of esters is 1. The summed E-state index contributed by atoms with van der Waals surface area (Å²) >= 11 is 0. The van der Waals surface area contributed by atoms with Gasteiger partial charge in [-0.3, -0.25) is 9.59 Å². The lowest BCUT2D eigenvalue weighted by Gasteiger charge is -2.16. The zero-order valence-electron chi connectivity index (χ0n) is 9.69. The van der Waals surface area contributed by atoms with Gasteiger partial charge in [0, 0.05) is 11.5 Å². The van der Waals surface area contributed by atoms with Gasteiger partial charge in [0.25, 0.3) is 0 Å². The van der Waals surface area contributed by atoms with E-state index in [4.69, 9.17) is 0 Å². The smallest absolute Gasteiger partial charge is 0.328 e. The number of rotatable bonds is 5. The van der Waals surface area contributed by atoms with Crippen LogP contribution in [-0.2, 0) is 19.1 Å². The Bertz CT molecular complexity index is 351. The molecule has 2 fully saturated rings.